The molecule has 2 bridgehead atoms. The normalized spacial score (nSPS) is 27.3. The lowest BCUT2D eigenvalue weighted by Gasteiger charge is -2.57. The molecule has 43 heavy (non-hydrogen) atoms. The zero-order valence-corrected chi connectivity index (χ0v) is 25.6. The number of fused-ring (bicyclic) bond motifs is 3. The van der Waals surface area contributed by atoms with Crippen molar-refractivity contribution in [2.24, 2.45) is 5.41 Å². The molecule has 8 rings (SSSR count). The predicted molar refractivity (Wildman–Crippen MR) is 163 cm³/mol. The number of carbonyl (C=O) groups is 3. The molecule has 5 heterocycles. The van der Waals surface area contributed by atoms with Gasteiger partial charge in [0.1, 0.15) is 11.9 Å². The number of carbonyl (C=O) groups excluding carboxylic acids is 3. The highest BCUT2D eigenvalue weighted by Crippen LogP contribution is 2.44. The lowest BCUT2D eigenvalue weighted by molar-refractivity contribution is -0.136. The van der Waals surface area contributed by atoms with Crippen LogP contribution in [-0.4, -0.2) is 70.2 Å². The average Bonchev–Trinajstić information content (AvgIpc) is 3.29. The molecule has 7 nitrogen and oxygen atoms in total. The van der Waals surface area contributed by atoms with Crippen LogP contribution >= 0.6 is 11.6 Å². The van der Waals surface area contributed by atoms with Crippen LogP contribution in [0.4, 0.5) is 4.39 Å². The second kappa shape index (κ2) is 10.8. The monoisotopic (exact) mass is 604 g/mol. The van der Waals surface area contributed by atoms with Gasteiger partial charge in [0.15, 0.2) is 0 Å². The van der Waals surface area contributed by atoms with E-state index in [9.17, 15) is 14.4 Å². The highest BCUT2D eigenvalue weighted by molar-refractivity contribution is 6.30. The first kappa shape index (κ1) is 28.7. The summed E-state index contributed by atoms with van der Waals surface area (Å²) in [4.78, 5) is 43.5. The molecule has 3 atom stereocenters. The molecule has 3 unspecified atom stereocenters. The lowest BCUT2D eigenvalue weighted by atomic mass is 9.72. The summed E-state index contributed by atoms with van der Waals surface area (Å²) in [5, 5.41) is 3.07. The fraction of sp³-hybridized carbons (Fsp3) is 0.500. The van der Waals surface area contributed by atoms with Crippen molar-refractivity contribution in [3.8, 4) is 0 Å². The number of nitrogens with one attached hydrogen (secondary N) is 1. The first-order valence-corrected chi connectivity index (χ1v) is 15.8. The standard InChI is InChI=1S/C34H38ClFN4O3/c1-34(2)10-9-22(27(14-34)21-3-5-24(35)6-4-21)16-38-18-25-13-26(19-38)39(25)15-20-11-23-17-40(33(43)31(23)28(36)12-20)29-7-8-30(41)37-32(29)42/h3-6,11-12,25-26,29H,7-10,13-19H2,1-2H3,(H,37,41,42). The third kappa shape index (κ3) is 5.42. The molecule has 1 N–H and O–H groups in total. The van der Waals surface area contributed by atoms with Gasteiger partial charge in [0.25, 0.3) is 5.91 Å². The van der Waals surface area contributed by atoms with Crippen LogP contribution in [0.25, 0.3) is 5.57 Å². The van der Waals surface area contributed by atoms with Crippen molar-refractivity contribution in [1.29, 1.82) is 0 Å². The Morgan fingerprint density at radius 1 is 1.02 bits per heavy atom. The number of nitrogens with zero attached hydrogens (tertiary/aromatic N) is 3. The molecular formula is C34H38ClFN4O3. The van der Waals surface area contributed by atoms with E-state index in [1.807, 2.05) is 18.2 Å². The molecule has 2 aromatic carbocycles. The number of allylic oxidation sites excluding steroid dienone is 1. The number of benzene rings is 2. The van der Waals surface area contributed by atoms with Gasteiger partial charge in [-0.25, -0.2) is 4.39 Å². The summed E-state index contributed by atoms with van der Waals surface area (Å²) < 4.78 is 15.3. The van der Waals surface area contributed by atoms with Gasteiger partial charge in [-0.1, -0.05) is 49.2 Å². The van der Waals surface area contributed by atoms with Gasteiger partial charge in [0.05, 0.1) is 5.56 Å². The molecule has 2 aromatic rings. The van der Waals surface area contributed by atoms with Gasteiger partial charge < -0.3 is 4.90 Å². The van der Waals surface area contributed by atoms with E-state index in [1.165, 1.54) is 28.5 Å². The third-order valence-electron chi connectivity index (χ3n) is 10.2. The van der Waals surface area contributed by atoms with Crippen LogP contribution < -0.4 is 5.32 Å². The maximum absolute atomic E-state index is 15.3. The van der Waals surface area contributed by atoms with Crippen LogP contribution in [0.2, 0.25) is 5.02 Å². The molecule has 0 radical (unpaired) electrons. The molecule has 6 aliphatic rings. The summed E-state index contributed by atoms with van der Waals surface area (Å²) in [6.45, 7) is 8.52. The Balaban J connectivity index is 1.02. The fourth-order valence-electron chi connectivity index (χ4n) is 7.92. The molecule has 0 aromatic heterocycles. The van der Waals surface area contributed by atoms with E-state index in [0.29, 0.717) is 24.2 Å². The van der Waals surface area contributed by atoms with E-state index >= 15 is 4.39 Å². The molecule has 0 spiro atoms. The van der Waals surface area contributed by atoms with E-state index in [1.54, 1.807) is 5.57 Å². The molecular weight excluding hydrogens is 567 g/mol. The van der Waals surface area contributed by atoms with Gasteiger partial charge >= 0.3 is 0 Å². The van der Waals surface area contributed by atoms with Crippen molar-refractivity contribution in [1.82, 2.24) is 20.0 Å². The molecule has 0 saturated carbocycles. The molecule has 9 heteroatoms. The number of imide groups is 1. The Morgan fingerprint density at radius 3 is 2.49 bits per heavy atom. The van der Waals surface area contributed by atoms with Crippen molar-refractivity contribution >= 4 is 34.9 Å². The van der Waals surface area contributed by atoms with Crippen LogP contribution in [0.1, 0.15) is 79.4 Å². The van der Waals surface area contributed by atoms with Crippen molar-refractivity contribution < 1.29 is 18.8 Å². The van der Waals surface area contributed by atoms with Crippen molar-refractivity contribution in [2.75, 3.05) is 19.6 Å². The van der Waals surface area contributed by atoms with Crippen LogP contribution in [0, 0.1) is 11.2 Å². The summed E-state index contributed by atoms with van der Waals surface area (Å²) >= 11 is 6.19. The highest BCUT2D eigenvalue weighted by Gasteiger charge is 2.45. The number of piperazine rings is 1. The number of hydrogen-bond donors (Lipinski definition) is 1. The van der Waals surface area contributed by atoms with Crippen molar-refractivity contribution in [3.63, 3.8) is 0 Å². The second-order valence-electron chi connectivity index (χ2n) is 13.9. The van der Waals surface area contributed by atoms with Gasteiger partial charge in [-0.15, -0.1) is 0 Å². The minimum Gasteiger partial charge on any atom is -0.322 e. The maximum Gasteiger partial charge on any atom is 0.258 e. The smallest absolute Gasteiger partial charge is 0.258 e. The van der Waals surface area contributed by atoms with Gasteiger partial charge in [-0.3, -0.25) is 29.5 Å². The van der Waals surface area contributed by atoms with Gasteiger partial charge in [0, 0.05) is 56.3 Å². The quantitative estimate of drug-likeness (QED) is 0.461. The van der Waals surface area contributed by atoms with E-state index in [-0.39, 0.29) is 36.3 Å². The maximum atomic E-state index is 15.3. The minimum atomic E-state index is -0.744. The second-order valence-corrected chi connectivity index (χ2v) is 14.3. The number of halogens is 2. The summed E-state index contributed by atoms with van der Waals surface area (Å²) in [6.07, 6.45) is 4.98. The Labute approximate surface area is 257 Å². The van der Waals surface area contributed by atoms with Crippen LogP contribution in [0.3, 0.4) is 0 Å². The third-order valence-corrected chi connectivity index (χ3v) is 10.5. The van der Waals surface area contributed by atoms with Crippen LogP contribution in [0.5, 0.6) is 0 Å². The predicted octanol–water partition coefficient (Wildman–Crippen LogP) is 5.16. The summed E-state index contributed by atoms with van der Waals surface area (Å²) in [5.41, 5.74) is 6.12. The van der Waals surface area contributed by atoms with Crippen LogP contribution in [-0.2, 0) is 22.7 Å². The first-order chi connectivity index (χ1) is 20.5. The largest absolute Gasteiger partial charge is 0.322 e. The summed E-state index contributed by atoms with van der Waals surface area (Å²) in [5.74, 6) is -1.81. The Kier molecular flexibility index (Phi) is 7.22. The molecule has 4 fully saturated rings. The van der Waals surface area contributed by atoms with E-state index in [4.69, 9.17) is 11.6 Å². The van der Waals surface area contributed by atoms with E-state index < -0.39 is 23.7 Å². The number of rotatable bonds is 6. The minimum absolute atomic E-state index is 0.0591. The van der Waals surface area contributed by atoms with E-state index in [0.717, 1.165) is 49.5 Å². The highest BCUT2D eigenvalue weighted by atomic mass is 35.5. The zero-order chi connectivity index (χ0) is 30.0. The lowest BCUT2D eigenvalue weighted by Crippen LogP contribution is -2.68. The molecule has 226 valence electrons. The fourth-order valence-corrected chi connectivity index (χ4v) is 8.04. The number of amides is 3. The molecule has 5 aliphatic heterocycles. The number of hydrogen-bond acceptors (Lipinski definition) is 5. The zero-order valence-electron chi connectivity index (χ0n) is 24.8. The Hall–Kier alpha value is -3.07. The van der Waals surface area contributed by atoms with Crippen LogP contribution in [0.15, 0.2) is 42.0 Å². The number of piperidine rings is 2. The summed E-state index contributed by atoms with van der Waals surface area (Å²) in [7, 11) is 0. The van der Waals surface area contributed by atoms with Gasteiger partial charge in [-0.2, -0.15) is 0 Å². The Bertz CT molecular complexity index is 1520. The molecule has 1 aliphatic carbocycles. The summed E-state index contributed by atoms with van der Waals surface area (Å²) in [6, 6.07) is 11.8. The van der Waals surface area contributed by atoms with E-state index in [2.05, 4.69) is 41.1 Å². The molecule has 3 amide bonds. The SMILES string of the molecule is CC1(C)CCC(CN2CC3CC(C2)N3Cc2cc(F)c3c(c2)CN(C2CCC(=O)NC2=O)C3=O)=C(c2ccc(Cl)cc2)C1. The Morgan fingerprint density at radius 2 is 1.77 bits per heavy atom. The average molecular weight is 605 g/mol. The topological polar surface area (TPSA) is 73.0 Å². The first-order valence-electron chi connectivity index (χ1n) is 15.5. The van der Waals surface area contributed by atoms with Gasteiger partial charge in [0.2, 0.25) is 11.8 Å². The van der Waals surface area contributed by atoms with Crippen molar-refractivity contribution in [3.05, 3.63) is 75.1 Å². The van der Waals surface area contributed by atoms with Gasteiger partial charge in [-0.05, 0) is 78.0 Å². The van der Waals surface area contributed by atoms with Crippen molar-refractivity contribution in [2.45, 2.75) is 83.6 Å². The molecule has 4 saturated heterocycles.